The first-order valence-corrected chi connectivity index (χ1v) is 8.46. The minimum Gasteiger partial charge on any atom is -0.464 e. The largest absolute Gasteiger partial charge is 0.464 e. The predicted octanol–water partition coefficient (Wildman–Crippen LogP) is 2.12. The van der Waals surface area contributed by atoms with Gasteiger partial charge in [0.25, 0.3) is 5.91 Å². The monoisotopic (exact) mass is 330 g/mol. The van der Waals surface area contributed by atoms with Gasteiger partial charge in [-0.3, -0.25) is 4.79 Å². The maximum Gasteiger partial charge on any atom is 0.328 e. The lowest BCUT2D eigenvalue weighted by molar-refractivity contribution is -0.160. The first-order valence-electron chi connectivity index (χ1n) is 8.46. The highest BCUT2D eigenvalue weighted by Gasteiger charge is 2.39. The molecule has 24 heavy (non-hydrogen) atoms. The second kappa shape index (κ2) is 7.47. The van der Waals surface area contributed by atoms with Gasteiger partial charge in [-0.05, 0) is 31.7 Å². The number of amides is 1. The molecular weight excluding hydrogens is 308 g/mol. The molecular formula is C18H22N2O4. The van der Waals surface area contributed by atoms with Gasteiger partial charge < -0.3 is 14.5 Å². The van der Waals surface area contributed by atoms with Gasteiger partial charge in [0.2, 0.25) is 6.10 Å². The van der Waals surface area contributed by atoms with E-state index in [-0.39, 0.29) is 11.9 Å². The maximum absolute atomic E-state index is 12.8. The average molecular weight is 330 g/mol. The van der Waals surface area contributed by atoms with Crippen LogP contribution in [0.15, 0.2) is 35.5 Å². The first-order chi connectivity index (χ1) is 11.7. The molecule has 1 saturated heterocycles. The van der Waals surface area contributed by atoms with Gasteiger partial charge in [0.1, 0.15) is 6.04 Å². The van der Waals surface area contributed by atoms with Crippen LogP contribution in [-0.2, 0) is 19.2 Å². The second-order valence-corrected chi connectivity index (χ2v) is 6.00. The second-order valence-electron chi connectivity index (χ2n) is 6.00. The Morgan fingerprint density at radius 1 is 1.29 bits per heavy atom. The zero-order valence-electron chi connectivity index (χ0n) is 13.8. The summed E-state index contributed by atoms with van der Waals surface area (Å²) < 4.78 is 5.11. The van der Waals surface area contributed by atoms with Gasteiger partial charge in [0.15, 0.2) is 0 Å². The Labute approximate surface area is 141 Å². The average Bonchev–Trinajstić information content (AvgIpc) is 3.12. The van der Waals surface area contributed by atoms with E-state index in [0.717, 1.165) is 24.1 Å². The standard InChI is InChI=1S/C18H22N2O4/c1-2-23-18(22)15-10-6-7-11-20(15)17(21)16-12-14(19-24-16)13-8-4-3-5-9-13/h3-5,8-9,15-16H,2,6-7,10-12H2,1H3. The van der Waals surface area contributed by atoms with Crippen LogP contribution in [0.1, 0.15) is 38.2 Å². The van der Waals surface area contributed by atoms with Crippen LogP contribution in [0.4, 0.5) is 0 Å². The highest BCUT2D eigenvalue weighted by molar-refractivity contribution is 6.04. The van der Waals surface area contributed by atoms with E-state index < -0.39 is 12.1 Å². The molecule has 0 aromatic heterocycles. The molecule has 6 nitrogen and oxygen atoms in total. The molecule has 128 valence electrons. The summed E-state index contributed by atoms with van der Waals surface area (Å²) in [7, 11) is 0. The third kappa shape index (κ3) is 3.42. The summed E-state index contributed by atoms with van der Waals surface area (Å²) in [6.07, 6.45) is 2.22. The number of carbonyl (C=O) groups is 2. The summed E-state index contributed by atoms with van der Waals surface area (Å²) in [5, 5.41) is 4.06. The molecule has 6 heteroatoms. The summed E-state index contributed by atoms with van der Waals surface area (Å²) in [6.45, 7) is 2.65. The summed E-state index contributed by atoms with van der Waals surface area (Å²) in [6, 6.07) is 9.16. The maximum atomic E-state index is 12.8. The number of oxime groups is 1. The number of likely N-dealkylation sites (tertiary alicyclic amines) is 1. The van der Waals surface area contributed by atoms with Crippen LogP contribution in [0.3, 0.4) is 0 Å². The van der Waals surface area contributed by atoms with E-state index in [1.165, 1.54) is 0 Å². The summed E-state index contributed by atoms with van der Waals surface area (Å²) >= 11 is 0. The molecule has 1 fully saturated rings. The summed E-state index contributed by atoms with van der Waals surface area (Å²) in [4.78, 5) is 31.9. The number of rotatable bonds is 4. The molecule has 0 spiro atoms. The van der Waals surface area contributed by atoms with Crippen molar-refractivity contribution in [2.75, 3.05) is 13.2 Å². The number of hydrogen-bond donors (Lipinski definition) is 0. The molecule has 0 aliphatic carbocycles. The van der Waals surface area contributed by atoms with Crippen molar-refractivity contribution in [2.45, 2.75) is 44.8 Å². The molecule has 2 aliphatic rings. The number of nitrogens with zero attached hydrogens (tertiary/aromatic N) is 2. The Morgan fingerprint density at radius 3 is 2.83 bits per heavy atom. The molecule has 2 atom stereocenters. The minimum atomic E-state index is -0.657. The number of carbonyl (C=O) groups excluding carboxylic acids is 2. The molecule has 1 amide bonds. The van der Waals surface area contributed by atoms with Crippen LogP contribution in [0.25, 0.3) is 0 Å². The molecule has 3 rings (SSSR count). The van der Waals surface area contributed by atoms with E-state index in [4.69, 9.17) is 9.57 Å². The lowest BCUT2D eigenvalue weighted by atomic mass is 9.99. The molecule has 0 saturated carbocycles. The van der Waals surface area contributed by atoms with Crippen LogP contribution in [0, 0.1) is 0 Å². The first kappa shape index (κ1) is 16.5. The number of benzene rings is 1. The normalized spacial score (nSPS) is 23.4. The quantitative estimate of drug-likeness (QED) is 0.793. The minimum absolute atomic E-state index is 0.178. The van der Waals surface area contributed by atoms with Gasteiger partial charge in [-0.2, -0.15) is 0 Å². The SMILES string of the molecule is CCOC(=O)C1CCCCN1C(=O)C1CC(c2ccccc2)=NO1. The smallest absolute Gasteiger partial charge is 0.328 e. The number of hydrogen-bond acceptors (Lipinski definition) is 5. The van der Waals surface area contributed by atoms with Crippen molar-refractivity contribution in [3.8, 4) is 0 Å². The van der Waals surface area contributed by atoms with Gasteiger partial charge in [0.05, 0.1) is 12.3 Å². The van der Waals surface area contributed by atoms with Crippen molar-refractivity contribution >= 4 is 17.6 Å². The Morgan fingerprint density at radius 2 is 2.08 bits per heavy atom. The molecule has 0 N–H and O–H groups in total. The molecule has 0 radical (unpaired) electrons. The van der Waals surface area contributed by atoms with Crippen LogP contribution in [-0.4, -0.2) is 47.8 Å². The Balaban J connectivity index is 1.67. The third-order valence-corrected chi connectivity index (χ3v) is 4.40. The van der Waals surface area contributed by atoms with E-state index in [1.807, 2.05) is 30.3 Å². The predicted molar refractivity (Wildman–Crippen MR) is 88.5 cm³/mol. The molecule has 1 aromatic carbocycles. The lowest BCUT2D eigenvalue weighted by Crippen LogP contribution is -2.52. The Kier molecular flexibility index (Phi) is 5.13. The van der Waals surface area contributed by atoms with Gasteiger partial charge in [0, 0.05) is 13.0 Å². The van der Waals surface area contributed by atoms with E-state index in [9.17, 15) is 9.59 Å². The topological polar surface area (TPSA) is 68.2 Å². The molecule has 2 aliphatic heterocycles. The molecule has 0 bridgehead atoms. The van der Waals surface area contributed by atoms with Crippen molar-refractivity contribution in [3.63, 3.8) is 0 Å². The Bertz CT molecular complexity index is 629. The van der Waals surface area contributed by atoms with Crippen LogP contribution in [0.5, 0.6) is 0 Å². The van der Waals surface area contributed by atoms with Crippen molar-refractivity contribution in [1.29, 1.82) is 0 Å². The summed E-state index contributed by atoms with van der Waals surface area (Å²) in [5.41, 5.74) is 1.71. The van der Waals surface area contributed by atoms with Crippen molar-refractivity contribution in [2.24, 2.45) is 5.16 Å². The zero-order valence-corrected chi connectivity index (χ0v) is 13.8. The lowest BCUT2D eigenvalue weighted by Gasteiger charge is -2.34. The van der Waals surface area contributed by atoms with Gasteiger partial charge >= 0.3 is 5.97 Å². The van der Waals surface area contributed by atoms with Gasteiger partial charge in [-0.25, -0.2) is 4.79 Å². The van der Waals surface area contributed by atoms with E-state index >= 15 is 0 Å². The van der Waals surface area contributed by atoms with Crippen molar-refractivity contribution in [3.05, 3.63) is 35.9 Å². The Hall–Kier alpha value is -2.37. The van der Waals surface area contributed by atoms with E-state index in [2.05, 4.69) is 5.16 Å². The highest BCUT2D eigenvalue weighted by atomic mass is 16.6. The fraction of sp³-hybridized carbons (Fsp3) is 0.500. The number of ether oxygens (including phenoxy) is 1. The molecule has 2 unspecified atom stereocenters. The highest BCUT2D eigenvalue weighted by Crippen LogP contribution is 2.24. The number of esters is 1. The zero-order chi connectivity index (χ0) is 16.9. The summed E-state index contributed by atoms with van der Waals surface area (Å²) in [5.74, 6) is -0.504. The fourth-order valence-corrected chi connectivity index (χ4v) is 3.17. The van der Waals surface area contributed by atoms with Crippen LogP contribution in [0.2, 0.25) is 0 Å². The van der Waals surface area contributed by atoms with Gasteiger partial charge in [-0.15, -0.1) is 0 Å². The van der Waals surface area contributed by atoms with Gasteiger partial charge in [-0.1, -0.05) is 35.5 Å². The molecule has 2 heterocycles. The van der Waals surface area contributed by atoms with Crippen LogP contribution < -0.4 is 0 Å². The van der Waals surface area contributed by atoms with Crippen LogP contribution >= 0.6 is 0 Å². The van der Waals surface area contributed by atoms with Crippen molar-refractivity contribution in [1.82, 2.24) is 4.90 Å². The van der Waals surface area contributed by atoms with Crippen molar-refractivity contribution < 1.29 is 19.2 Å². The number of piperidine rings is 1. The fourth-order valence-electron chi connectivity index (χ4n) is 3.17. The van der Waals surface area contributed by atoms with E-state index in [0.29, 0.717) is 26.0 Å². The van der Waals surface area contributed by atoms with E-state index in [1.54, 1.807) is 11.8 Å². The molecule has 1 aromatic rings. The third-order valence-electron chi connectivity index (χ3n) is 4.40.